The van der Waals surface area contributed by atoms with E-state index in [4.69, 9.17) is 4.74 Å². The Morgan fingerprint density at radius 3 is 2.43 bits per heavy atom. The molecule has 1 spiro atoms. The number of hydrogen-bond donors (Lipinski definition) is 0. The van der Waals surface area contributed by atoms with Gasteiger partial charge in [-0.2, -0.15) is 0 Å². The number of aliphatic imine (C=N–C) groups is 1. The molecule has 21 heavy (non-hydrogen) atoms. The zero-order valence-corrected chi connectivity index (χ0v) is 13.9. The molecule has 1 aliphatic heterocycles. The summed E-state index contributed by atoms with van der Waals surface area (Å²) >= 11 is 1.80. The summed E-state index contributed by atoms with van der Waals surface area (Å²) in [6.07, 6.45) is 13.4. The highest BCUT2D eigenvalue weighted by Gasteiger charge is 2.47. The first-order valence-corrected chi connectivity index (χ1v) is 9.37. The minimum atomic E-state index is -0.227. The molecular formula is C17H27NO2S. The number of carbonyl (C=O) groups excluding carboxylic acids is 1. The number of ether oxygens (including phenoxy) is 1. The molecule has 2 fully saturated rings. The summed E-state index contributed by atoms with van der Waals surface area (Å²) < 4.78 is 5.21. The lowest BCUT2D eigenvalue weighted by Gasteiger charge is -2.33. The van der Waals surface area contributed by atoms with E-state index in [9.17, 15) is 4.79 Å². The topological polar surface area (TPSA) is 38.7 Å². The van der Waals surface area contributed by atoms with Gasteiger partial charge in [0.15, 0.2) is 0 Å². The van der Waals surface area contributed by atoms with Crippen molar-refractivity contribution < 1.29 is 9.53 Å². The molecule has 3 rings (SSSR count). The first-order valence-electron chi connectivity index (χ1n) is 8.56. The number of amides is 1. The first-order chi connectivity index (χ1) is 10.2. The van der Waals surface area contributed by atoms with E-state index < -0.39 is 0 Å². The monoisotopic (exact) mass is 309 g/mol. The lowest BCUT2D eigenvalue weighted by molar-refractivity contribution is -0.121. The van der Waals surface area contributed by atoms with E-state index in [1.165, 1.54) is 38.5 Å². The second-order valence-corrected chi connectivity index (χ2v) is 8.36. The summed E-state index contributed by atoms with van der Waals surface area (Å²) in [5, 5.41) is 1.13. The maximum Gasteiger partial charge on any atom is 0.263 e. The van der Waals surface area contributed by atoms with Crippen molar-refractivity contribution in [2.75, 3.05) is 7.11 Å². The molecule has 0 atom stereocenters. The van der Waals surface area contributed by atoms with E-state index in [1.54, 1.807) is 18.9 Å². The summed E-state index contributed by atoms with van der Waals surface area (Å²) in [6, 6.07) is 0. The highest BCUT2D eigenvalue weighted by Crippen LogP contribution is 2.47. The fourth-order valence-corrected chi connectivity index (χ4v) is 5.49. The van der Waals surface area contributed by atoms with Crippen LogP contribution in [0, 0.1) is 5.92 Å². The zero-order valence-electron chi connectivity index (χ0n) is 13.1. The van der Waals surface area contributed by atoms with Crippen molar-refractivity contribution in [3.8, 4) is 0 Å². The number of nitrogens with zero attached hydrogens (tertiary/aromatic N) is 1. The van der Waals surface area contributed by atoms with Gasteiger partial charge in [-0.1, -0.05) is 50.3 Å². The summed E-state index contributed by atoms with van der Waals surface area (Å²) in [4.78, 5) is 16.9. The van der Waals surface area contributed by atoms with Gasteiger partial charge in [-0.15, -0.1) is 0 Å². The molecule has 1 heterocycles. The quantitative estimate of drug-likeness (QED) is 0.728. The number of rotatable bonds is 3. The standard InChI is InChI=1S/C17H27NO2S/c1-20-14-8-10-17(11-9-14)16(19)18-15(21-17)12-13-6-4-2-3-5-7-13/h13-14H,2-12H2,1H3. The Kier molecular flexibility index (Phi) is 5.05. The minimum Gasteiger partial charge on any atom is -0.381 e. The third-order valence-corrected chi connectivity index (χ3v) is 6.91. The van der Waals surface area contributed by atoms with Gasteiger partial charge in [-0.05, 0) is 38.0 Å². The van der Waals surface area contributed by atoms with Crippen LogP contribution in [0.5, 0.6) is 0 Å². The average Bonchev–Trinajstić information content (AvgIpc) is 2.68. The molecule has 4 heteroatoms. The summed E-state index contributed by atoms with van der Waals surface area (Å²) in [7, 11) is 1.78. The van der Waals surface area contributed by atoms with Gasteiger partial charge in [0.05, 0.1) is 11.1 Å². The van der Waals surface area contributed by atoms with Crippen LogP contribution in [0.1, 0.15) is 70.6 Å². The molecule has 3 aliphatic rings. The van der Waals surface area contributed by atoms with Gasteiger partial charge in [0.1, 0.15) is 4.75 Å². The SMILES string of the molecule is COC1CCC2(CC1)SC(CC1CCCCCC1)=NC2=O. The third kappa shape index (κ3) is 3.53. The maximum absolute atomic E-state index is 12.4. The lowest BCUT2D eigenvalue weighted by atomic mass is 9.86. The molecule has 0 bridgehead atoms. The maximum atomic E-state index is 12.4. The molecule has 0 N–H and O–H groups in total. The predicted octanol–water partition coefficient (Wildman–Crippen LogP) is 4.35. The molecule has 1 amide bonds. The fraction of sp³-hybridized carbons (Fsp3) is 0.882. The second-order valence-electron chi connectivity index (χ2n) is 6.90. The van der Waals surface area contributed by atoms with Crippen LogP contribution < -0.4 is 0 Å². The average molecular weight is 309 g/mol. The molecule has 3 nitrogen and oxygen atoms in total. The lowest BCUT2D eigenvalue weighted by Crippen LogP contribution is -2.37. The van der Waals surface area contributed by atoms with Gasteiger partial charge < -0.3 is 4.74 Å². The summed E-state index contributed by atoms with van der Waals surface area (Å²) in [5.74, 6) is 0.905. The second kappa shape index (κ2) is 6.82. The van der Waals surface area contributed by atoms with E-state index in [-0.39, 0.29) is 10.7 Å². The highest BCUT2D eigenvalue weighted by atomic mass is 32.2. The molecule has 0 radical (unpaired) electrons. The molecule has 0 aromatic carbocycles. The van der Waals surface area contributed by atoms with E-state index in [0.717, 1.165) is 43.1 Å². The Bertz CT molecular complexity index is 405. The van der Waals surface area contributed by atoms with Crippen molar-refractivity contribution in [1.82, 2.24) is 0 Å². The van der Waals surface area contributed by atoms with Crippen LogP contribution >= 0.6 is 11.8 Å². The van der Waals surface area contributed by atoms with Crippen molar-refractivity contribution in [2.24, 2.45) is 10.9 Å². The van der Waals surface area contributed by atoms with Crippen LogP contribution in [-0.4, -0.2) is 28.9 Å². The fourth-order valence-electron chi connectivity index (χ4n) is 4.02. The van der Waals surface area contributed by atoms with Gasteiger partial charge in [-0.25, -0.2) is 4.99 Å². The molecule has 0 saturated heterocycles. The first kappa shape index (κ1) is 15.5. The molecule has 118 valence electrons. The van der Waals surface area contributed by atoms with E-state index in [2.05, 4.69) is 4.99 Å². The van der Waals surface area contributed by atoms with Crippen molar-refractivity contribution in [3.63, 3.8) is 0 Å². The number of thioether (sulfide) groups is 1. The summed E-state index contributed by atoms with van der Waals surface area (Å²) in [5.41, 5.74) is 0. The van der Waals surface area contributed by atoms with Crippen LogP contribution in [-0.2, 0) is 9.53 Å². The molecule has 0 aromatic heterocycles. The number of methoxy groups -OCH3 is 1. The number of carbonyl (C=O) groups is 1. The normalized spacial score (nSPS) is 35.0. The Balaban J connectivity index is 1.57. The summed E-state index contributed by atoms with van der Waals surface area (Å²) in [6.45, 7) is 0. The van der Waals surface area contributed by atoms with Crippen molar-refractivity contribution in [2.45, 2.75) is 81.5 Å². The van der Waals surface area contributed by atoms with Gasteiger partial charge in [0.2, 0.25) is 0 Å². The van der Waals surface area contributed by atoms with Gasteiger partial charge in [0, 0.05) is 7.11 Å². The van der Waals surface area contributed by atoms with Gasteiger partial charge >= 0.3 is 0 Å². The predicted molar refractivity (Wildman–Crippen MR) is 87.8 cm³/mol. The van der Waals surface area contributed by atoms with Gasteiger partial charge in [0.25, 0.3) is 5.91 Å². The van der Waals surface area contributed by atoms with E-state index in [0.29, 0.717) is 6.10 Å². The molecule has 0 unspecified atom stereocenters. The largest absolute Gasteiger partial charge is 0.381 e. The van der Waals surface area contributed by atoms with Crippen molar-refractivity contribution in [3.05, 3.63) is 0 Å². The van der Waals surface area contributed by atoms with Crippen molar-refractivity contribution in [1.29, 1.82) is 0 Å². The molecular weight excluding hydrogens is 282 g/mol. The smallest absolute Gasteiger partial charge is 0.263 e. The molecule has 0 aromatic rings. The Morgan fingerprint density at radius 1 is 1.14 bits per heavy atom. The Hall–Kier alpha value is -0.350. The highest BCUT2D eigenvalue weighted by molar-refractivity contribution is 8.16. The Labute approximate surface area is 132 Å². The van der Waals surface area contributed by atoms with E-state index >= 15 is 0 Å². The van der Waals surface area contributed by atoms with Crippen LogP contribution in [0.25, 0.3) is 0 Å². The Morgan fingerprint density at radius 2 is 1.81 bits per heavy atom. The third-order valence-electron chi connectivity index (χ3n) is 5.44. The van der Waals surface area contributed by atoms with Gasteiger partial charge in [-0.3, -0.25) is 4.79 Å². The zero-order chi connectivity index (χ0) is 14.7. The van der Waals surface area contributed by atoms with Crippen LogP contribution in [0.3, 0.4) is 0 Å². The minimum absolute atomic E-state index is 0.144. The van der Waals surface area contributed by atoms with E-state index in [1.807, 2.05) is 0 Å². The van der Waals surface area contributed by atoms with Crippen LogP contribution in [0.15, 0.2) is 4.99 Å². The van der Waals surface area contributed by atoms with Crippen LogP contribution in [0.4, 0.5) is 0 Å². The van der Waals surface area contributed by atoms with Crippen LogP contribution in [0.2, 0.25) is 0 Å². The molecule has 2 aliphatic carbocycles. The van der Waals surface area contributed by atoms with Crippen molar-refractivity contribution >= 4 is 22.7 Å². The number of hydrogen-bond acceptors (Lipinski definition) is 3. The molecule has 2 saturated carbocycles.